The molecule has 0 aliphatic rings. The van der Waals surface area contributed by atoms with Crippen LogP contribution in [0.5, 0.6) is 0 Å². The number of aromatic nitrogens is 2. The van der Waals surface area contributed by atoms with Crippen LogP contribution < -0.4 is 10.9 Å². The molecule has 25 heavy (non-hydrogen) atoms. The third-order valence-corrected chi connectivity index (χ3v) is 4.96. The quantitative estimate of drug-likeness (QED) is 0.605. The average molecular weight is 348 g/mol. The summed E-state index contributed by atoms with van der Waals surface area (Å²) in [4.78, 5) is 25.8. The fourth-order valence-electron chi connectivity index (χ4n) is 2.98. The Bertz CT molecular complexity index is 1230. The molecule has 3 heterocycles. The first-order chi connectivity index (χ1) is 12.1. The molecule has 0 fully saturated rings. The van der Waals surface area contributed by atoms with Crippen molar-refractivity contribution in [3.8, 4) is 6.07 Å². The molecule has 0 saturated carbocycles. The number of anilines is 1. The number of rotatable bonds is 2. The number of fused-ring (bicyclic) bond motifs is 3. The molecule has 0 bridgehead atoms. The number of para-hydroxylation sites is 2. The maximum Gasteiger partial charge on any atom is 0.280 e. The molecule has 0 spiro atoms. The van der Waals surface area contributed by atoms with E-state index in [2.05, 4.69) is 11.4 Å². The van der Waals surface area contributed by atoms with Gasteiger partial charge in [0.1, 0.15) is 17.4 Å². The number of carbonyl (C=O) groups is 1. The molecule has 1 amide bonds. The molecule has 4 aromatic rings. The number of thiophene rings is 1. The summed E-state index contributed by atoms with van der Waals surface area (Å²) in [6.07, 6.45) is 0. The molecule has 0 saturated heterocycles. The number of imidazole rings is 1. The van der Waals surface area contributed by atoms with Crippen molar-refractivity contribution in [1.82, 2.24) is 8.97 Å². The first-order valence-corrected chi connectivity index (χ1v) is 8.38. The van der Waals surface area contributed by atoms with E-state index in [1.807, 2.05) is 31.3 Å². The molecular weight excluding hydrogens is 336 g/mol. The Morgan fingerprint density at radius 1 is 1.20 bits per heavy atom. The van der Waals surface area contributed by atoms with Gasteiger partial charge in [-0.3, -0.25) is 14.0 Å². The van der Waals surface area contributed by atoms with Crippen molar-refractivity contribution in [3.05, 3.63) is 68.6 Å². The largest absolute Gasteiger partial charge is 0.328 e. The summed E-state index contributed by atoms with van der Waals surface area (Å²) in [6.45, 7) is 0. The Morgan fingerprint density at radius 2 is 1.96 bits per heavy atom. The predicted octanol–water partition coefficient (Wildman–Crippen LogP) is 2.98. The van der Waals surface area contributed by atoms with E-state index in [1.54, 1.807) is 22.1 Å². The van der Waals surface area contributed by atoms with Crippen LogP contribution in [0.1, 0.15) is 15.2 Å². The topological polar surface area (TPSA) is 79.3 Å². The van der Waals surface area contributed by atoms with Gasteiger partial charge in [-0.2, -0.15) is 5.26 Å². The first-order valence-electron chi connectivity index (χ1n) is 7.50. The molecule has 7 heteroatoms. The SMILES string of the molecule is Cn1c2ccccc2n2c(=O)c(NC(=O)c3cccs3)cc(C#N)c12. The summed E-state index contributed by atoms with van der Waals surface area (Å²) >= 11 is 1.29. The van der Waals surface area contributed by atoms with Crippen LogP contribution in [0, 0.1) is 11.3 Å². The third kappa shape index (κ3) is 2.23. The Hall–Kier alpha value is -3.37. The van der Waals surface area contributed by atoms with E-state index in [4.69, 9.17) is 0 Å². The lowest BCUT2D eigenvalue weighted by Crippen LogP contribution is -2.22. The monoisotopic (exact) mass is 348 g/mol. The van der Waals surface area contributed by atoms with Gasteiger partial charge in [0.2, 0.25) is 0 Å². The zero-order chi connectivity index (χ0) is 17.6. The number of pyridine rings is 1. The normalized spacial score (nSPS) is 10.9. The lowest BCUT2D eigenvalue weighted by atomic mass is 10.2. The number of hydrogen-bond acceptors (Lipinski definition) is 4. The zero-order valence-corrected chi connectivity index (χ0v) is 14.0. The summed E-state index contributed by atoms with van der Waals surface area (Å²) in [5.41, 5.74) is 2.06. The van der Waals surface area contributed by atoms with Crippen LogP contribution in [0.4, 0.5) is 5.69 Å². The molecule has 1 aromatic carbocycles. The lowest BCUT2D eigenvalue weighted by Gasteiger charge is -2.06. The highest BCUT2D eigenvalue weighted by molar-refractivity contribution is 7.12. The van der Waals surface area contributed by atoms with Crippen molar-refractivity contribution in [2.24, 2.45) is 7.05 Å². The third-order valence-electron chi connectivity index (χ3n) is 4.09. The van der Waals surface area contributed by atoms with Crippen molar-refractivity contribution in [1.29, 1.82) is 5.26 Å². The van der Waals surface area contributed by atoms with Gasteiger partial charge in [-0.05, 0) is 29.6 Å². The van der Waals surface area contributed by atoms with Gasteiger partial charge < -0.3 is 9.88 Å². The zero-order valence-electron chi connectivity index (χ0n) is 13.2. The number of nitrogens with one attached hydrogen (secondary N) is 1. The highest BCUT2D eigenvalue weighted by atomic mass is 32.1. The molecule has 0 unspecified atom stereocenters. The number of carbonyl (C=O) groups excluding carboxylic acids is 1. The van der Waals surface area contributed by atoms with Crippen LogP contribution >= 0.6 is 11.3 Å². The fraction of sp³-hybridized carbons (Fsp3) is 0.0556. The Morgan fingerprint density at radius 3 is 2.64 bits per heavy atom. The summed E-state index contributed by atoms with van der Waals surface area (Å²) in [5.74, 6) is -0.365. The van der Waals surface area contributed by atoms with Gasteiger partial charge >= 0.3 is 0 Å². The highest BCUT2D eigenvalue weighted by Gasteiger charge is 2.18. The molecule has 0 radical (unpaired) electrons. The van der Waals surface area contributed by atoms with Crippen molar-refractivity contribution < 1.29 is 4.79 Å². The van der Waals surface area contributed by atoms with Gasteiger partial charge in [-0.1, -0.05) is 18.2 Å². The minimum atomic E-state index is -0.365. The number of nitriles is 1. The summed E-state index contributed by atoms with van der Waals surface area (Å²) in [5, 5.41) is 13.9. The molecule has 0 aliphatic heterocycles. The number of nitrogens with zero attached hydrogens (tertiary/aromatic N) is 3. The van der Waals surface area contributed by atoms with E-state index in [1.165, 1.54) is 21.8 Å². The van der Waals surface area contributed by atoms with Crippen LogP contribution in [-0.4, -0.2) is 14.9 Å². The molecule has 0 atom stereocenters. The second-order valence-electron chi connectivity index (χ2n) is 5.53. The molecular formula is C18H12N4O2S. The van der Waals surface area contributed by atoms with Gasteiger partial charge in [-0.25, -0.2) is 0 Å². The van der Waals surface area contributed by atoms with Gasteiger partial charge in [0.15, 0.2) is 0 Å². The van der Waals surface area contributed by atoms with E-state index in [0.29, 0.717) is 21.6 Å². The van der Waals surface area contributed by atoms with Gasteiger partial charge in [0, 0.05) is 7.05 Å². The van der Waals surface area contributed by atoms with Crippen LogP contribution in [0.25, 0.3) is 16.7 Å². The second-order valence-corrected chi connectivity index (χ2v) is 6.47. The van der Waals surface area contributed by atoms with Crippen molar-refractivity contribution >= 4 is 39.6 Å². The van der Waals surface area contributed by atoms with Crippen molar-refractivity contribution in [2.75, 3.05) is 5.32 Å². The highest BCUT2D eigenvalue weighted by Crippen LogP contribution is 2.22. The van der Waals surface area contributed by atoms with Gasteiger partial charge in [-0.15, -0.1) is 11.3 Å². The summed E-state index contributed by atoms with van der Waals surface area (Å²) in [6, 6.07) is 14.4. The lowest BCUT2D eigenvalue weighted by molar-refractivity contribution is 0.103. The molecule has 122 valence electrons. The van der Waals surface area contributed by atoms with Crippen LogP contribution in [0.2, 0.25) is 0 Å². The Labute approximate surface area is 146 Å². The number of hydrogen-bond donors (Lipinski definition) is 1. The molecule has 4 rings (SSSR count). The van der Waals surface area contributed by atoms with E-state index >= 15 is 0 Å². The van der Waals surface area contributed by atoms with Gasteiger partial charge in [0.25, 0.3) is 11.5 Å². The smallest absolute Gasteiger partial charge is 0.280 e. The molecule has 0 aliphatic carbocycles. The summed E-state index contributed by atoms with van der Waals surface area (Å²) in [7, 11) is 1.81. The molecule has 6 nitrogen and oxygen atoms in total. The number of amides is 1. The summed E-state index contributed by atoms with van der Waals surface area (Å²) < 4.78 is 3.28. The average Bonchev–Trinajstić information content (AvgIpc) is 3.25. The van der Waals surface area contributed by atoms with Crippen LogP contribution in [-0.2, 0) is 7.05 Å². The molecule has 1 N–H and O–H groups in total. The Kier molecular flexibility index (Phi) is 3.41. The number of benzene rings is 1. The maximum atomic E-state index is 13.0. The minimum Gasteiger partial charge on any atom is -0.328 e. The van der Waals surface area contributed by atoms with Crippen molar-refractivity contribution in [3.63, 3.8) is 0 Å². The predicted molar refractivity (Wildman–Crippen MR) is 97.1 cm³/mol. The van der Waals surface area contributed by atoms with E-state index in [-0.39, 0.29) is 17.2 Å². The molecule has 3 aromatic heterocycles. The van der Waals surface area contributed by atoms with E-state index < -0.39 is 0 Å². The minimum absolute atomic E-state index is 0.0869. The van der Waals surface area contributed by atoms with Crippen LogP contribution in [0.3, 0.4) is 0 Å². The second kappa shape index (κ2) is 5.61. The van der Waals surface area contributed by atoms with E-state index in [9.17, 15) is 14.9 Å². The van der Waals surface area contributed by atoms with Crippen LogP contribution in [0.15, 0.2) is 52.6 Å². The number of aryl methyl sites for hydroxylation is 1. The van der Waals surface area contributed by atoms with Gasteiger partial charge in [0.05, 0.1) is 21.5 Å². The first kappa shape index (κ1) is 15.2. The fourth-order valence-corrected chi connectivity index (χ4v) is 3.60. The van der Waals surface area contributed by atoms with E-state index in [0.717, 1.165) is 5.52 Å². The standard InChI is InChI=1S/C18H12N4O2S/c1-21-13-5-2-3-6-14(13)22-17(21)11(10-19)9-12(18(22)24)20-16(23)15-7-4-8-25-15/h2-9H,1H3,(H,20,23). The Balaban J connectivity index is 2.00. The maximum absolute atomic E-state index is 13.0. The van der Waals surface area contributed by atoms with Crippen molar-refractivity contribution in [2.45, 2.75) is 0 Å².